The lowest BCUT2D eigenvalue weighted by Crippen LogP contribution is -2.51. The van der Waals surface area contributed by atoms with Crippen LogP contribution < -0.4 is 4.90 Å². The summed E-state index contributed by atoms with van der Waals surface area (Å²) in [6.45, 7) is 11.9. The van der Waals surface area contributed by atoms with Crippen molar-refractivity contribution in [1.82, 2.24) is 14.9 Å². The topological polar surface area (TPSA) is 32.3 Å². The van der Waals surface area contributed by atoms with Gasteiger partial charge in [-0.25, -0.2) is 9.97 Å². The highest BCUT2D eigenvalue weighted by Gasteiger charge is 2.26. The van der Waals surface area contributed by atoms with Crippen LogP contribution in [0.1, 0.15) is 39.9 Å². The first-order valence-electron chi connectivity index (χ1n) is 7.31. The first-order chi connectivity index (χ1) is 9.31. The molecule has 1 aromatic rings. The Kier molecular flexibility index (Phi) is 4.69. The van der Waals surface area contributed by atoms with E-state index in [0.717, 1.165) is 35.9 Å². The summed E-state index contributed by atoms with van der Waals surface area (Å²) < 4.78 is 0.874. The van der Waals surface area contributed by atoms with Crippen LogP contribution in [0.25, 0.3) is 0 Å². The summed E-state index contributed by atoms with van der Waals surface area (Å²) in [7, 11) is 2.21. The van der Waals surface area contributed by atoms with E-state index in [9.17, 15) is 0 Å². The minimum atomic E-state index is -0.0325. The molecule has 2 heterocycles. The zero-order chi connectivity index (χ0) is 14.9. The molecule has 0 aliphatic carbocycles. The molecule has 0 radical (unpaired) electrons. The summed E-state index contributed by atoms with van der Waals surface area (Å²) in [6.07, 6.45) is 1.17. The van der Waals surface area contributed by atoms with Crippen LogP contribution >= 0.6 is 15.9 Å². The van der Waals surface area contributed by atoms with E-state index in [1.54, 1.807) is 0 Å². The van der Waals surface area contributed by atoms with Crippen molar-refractivity contribution in [2.75, 3.05) is 31.6 Å². The van der Waals surface area contributed by atoms with Gasteiger partial charge in [-0.15, -0.1) is 0 Å². The van der Waals surface area contributed by atoms with Crippen LogP contribution in [0, 0.1) is 0 Å². The Balaban J connectivity index is 2.27. The van der Waals surface area contributed by atoms with Crippen LogP contribution in [0.3, 0.4) is 0 Å². The fraction of sp³-hybridized carbons (Fsp3) is 0.733. The Morgan fingerprint density at radius 2 is 2.00 bits per heavy atom. The quantitative estimate of drug-likeness (QED) is 0.774. The molecule has 0 amide bonds. The van der Waals surface area contributed by atoms with E-state index < -0.39 is 0 Å². The summed E-state index contributed by atoms with van der Waals surface area (Å²) in [4.78, 5) is 14.1. The third-order valence-electron chi connectivity index (χ3n) is 3.92. The number of likely N-dealkylation sites (N-methyl/N-ethyl adjacent to an activating group) is 1. The van der Waals surface area contributed by atoms with Crippen molar-refractivity contribution >= 4 is 21.7 Å². The molecule has 0 bridgehead atoms. The van der Waals surface area contributed by atoms with Gasteiger partial charge in [0.1, 0.15) is 16.2 Å². The molecule has 0 spiro atoms. The summed E-state index contributed by atoms with van der Waals surface area (Å²) in [5.41, 5.74) is -0.0325. The van der Waals surface area contributed by atoms with Crippen molar-refractivity contribution in [3.8, 4) is 0 Å². The molecule has 0 saturated carbocycles. The summed E-state index contributed by atoms with van der Waals surface area (Å²) in [5.74, 6) is 1.94. The normalized spacial score (nSPS) is 21.3. The molecule has 1 aliphatic rings. The number of aromatic nitrogens is 2. The van der Waals surface area contributed by atoms with Crippen molar-refractivity contribution in [3.05, 3.63) is 16.5 Å². The van der Waals surface area contributed by atoms with E-state index in [4.69, 9.17) is 4.98 Å². The molecule has 20 heavy (non-hydrogen) atoms. The first kappa shape index (κ1) is 15.7. The maximum atomic E-state index is 4.79. The third kappa shape index (κ3) is 3.50. The zero-order valence-corrected chi connectivity index (χ0v) is 14.7. The lowest BCUT2D eigenvalue weighted by atomic mass is 9.96. The standard InChI is InChI=1S/C15H25BrN4/c1-6-11-10-20(8-7-19(11)5)13-9-12(16)17-14(18-13)15(2,3)4/h9,11H,6-8,10H2,1-5H3. The van der Waals surface area contributed by atoms with Crippen molar-refractivity contribution in [2.45, 2.75) is 45.6 Å². The molecule has 1 unspecified atom stereocenters. The van der Waals surface area contributed by atoms with Crippen molar-refractivity contribution in [2.24, 2.45) is 0 Å². The van der Waals surface area contributed by atoms with Crippen LogP contribution in [-0.2, 0) is 5.41 Å². The molecule has 1 aliphatic heterocycles. The number of anilines is 1. The molecule has 5 heteroatoms. The monoisotopic (exact) mass is 340 g/mol. The van der Waals surface area contributed by atoms with E-state index in [1.165, 1.54) is 6.42 Å². The van der Waals surface area contributed by atoms with Gasteiger partial charge >= 0.3 is 0 Å². The highest BCUT2D eigenvalue weighted by molar-refractivity contribution is 9.10. The predicted molar refractivity (Wildman–Crippen MR) is 87.4 cm³/mol. The van der Waals surface area contributed by atoms with Crippen LogP contribution in [0.5, 0.6) is 0 Å². The van der Waals surface area contributed by atoms with Gasteiger partial charge in [-0.1, -0.05) is 27.7 Å². The zero-order valence-electron chi connectivity index (χ0n) is 13.1. The second kappa shape index (κ2) is 5.98. The number of halogens is 1. The molecule has 2 rings (SSSR count). The highest BCUT2D eigenvalue weighted by atomic mass is 79.9. The number of nitrogens with zero attached hydrogens (tertiary/aromatic N) is 4. The van der Waals surface area contributed by atoms with E-state index in [-0.39, 0.29) is 5.41 Å². The van der Waals surface area contributed by atoms with E-state index >= 15 is 0 Å². The molecular formula is C15H25BrN4. The first-order valence-corrected chi connectivity index (χ1v) is 8.11. The maximum absolute atomic E-state index is 4.79. The highest BCUT2D eigenvalue weighted by Crippen LogP contribution is 2.25. The van der Waals surface area contributed by atoms with Crippen LogP contribution in [0.15, 0.2) is 10.7 Å². The second-order valence-electron chi connectivity index (χ2n) is 6.61. The van der Waals surface area contributed by atoms with Crippen LogP contribution in [-0.4, -0.2) is 47.6 Å². The number of hydrogen-bond donors (Lipinski definition) is 0. The molecule has 1 saturated heterocycles. The van der Waals surface area contributed by atoms with Gasteiger partial charge in [-0.2, -0.15) is 0 Å². The predicted octanol–water partition coefficient (Wildman–Crippen LogP) is 3.07. The van der Waals surface area contributed by atoms with E-state index in [0.29, 0.717) is 6.04 Å². The molecular weight excluding hydrogens is 316 g/mol. The summed E-state index contributed by atoms with van der Waals surface area (Å²) in [5, 5.41) is 0. The Morgan fingerprint density at radius 3 is 2.60 bits per heavy atom. The molecule has 112 valence electrons. The molecule has 4 nitrogen and oxygen atoms in total. The second-order valence-corrected chi connectivity index (χ2v) is 7.42. The minimum absolute atomic E-state index is 0.0325. The average Bonchev–Trinajstić information content (AvgIpc) is 2.37. The molecule has 1 atom stereocenters. The van der Waals surface area contributed by atoms with Crippen LogP contribution in [0.4, 0.5) is 5.82 Å². The number of hydrogen-bond acceptors (Lipinski definition) is 4. The third-order valence-corrected chi connectivity index (χ3v) is 4.33. The molecule has 1 fully saturated rings. The smallest absolute Gasteiger partial charge is 0.137 e. The fourth-order valence-electron chi connectivity index (χ4n) is 2.50. The van der Waals surface area contributed by atoms with Crippen LogP contribution in [0.2, 0.25) is 0 Å². The Labute approximate surface area is 130 Å². The van der Waals surface area contributed by atoms with Gasteiger partial charge < -0.3 is 4.90 Å². The summed E-state index contributed by atoms with van der Waals surface area (Å²) in [6, 6.07) is 2.64. The summed E-state index contributed by atoms with van der Waals surface area (Å²) >= 11 is 3.53. The molecule has 1 aromatic heterocycles. The van der Waals surface area contributed by atoms with Gasteiger partial charge in [0.2, 0.25) is 0 Å². The van der Waals surface area contributed by atoms with Gasteiger partial charge in [0.15, 0.2) is 0 Å². The van der Waals surface area contributed by atoms with Gasteiger partial charge in [-0.3, -0.25) is 4.90 Å². The van der Waals surface area contributed by atoms with Crippen molar-refractivity contribution in [3.63, 3.8) is 0 Å². The van der Waals surface area contributed by atoms with Gasteiger partial charge in [-0.05, 0) is 29.4 Å². The largest absolute Gasteiger partial charge is 0.354 e. The maximum Gasteiger partial charge on any atom is 0.137 e. The SMILES string of the molecule is CCC1CN(c2cc(Br)nc(C(C)(C)C)n2)CCN1C. The van der Waals surface area contributed by atoms with Gasteiger partial charge in [0.05, 0.1) is 0 Å². The molecule has 0 N–H and O–H groups in total. The lowest BCUT2D eigenvalue weighted by molar-refractivity contribution is 0.212. The van der Waals surface area contributed by atoms with Crippen molar-refractivity contribution in [1.29, 1.82) is 0 Å². The Morgan fingerprint density at radius 1 is 1.30 bits per heavy atom. The Bertz CT molecular complexity index is 469. The van der Waals surface area contributed by atoms with E-state index in [1.807, 2.05) is 6.07 Å². The number of piperazine rings is 1. The molecule has 0 aromatic carbocycles. The van der Waals surface area contributed by atoms with Gasteiger partial charge in [0.25, 0.3) is 0 Å². The Hall–Kier alpha value is -0.680. The van der Waals surface area contributed by atoms with Crippen molar-refractivity contribution < 1.29 is 0 Å². The lowest BCUT2D eigenvalue weighted by Gasteiger charge is -2.40. The number of rotatable bonds is 2. The van der Waals surface area contributed by atoms with E-state index in [2.05, 4.69) is 65.5 Å². The van der Waals surface area contributed by atoms with Gasteiger partial charge in [0, 0.05) is 37.2 Å². The fourth-order valence-corrected chi connectivity index (χ4v) is 2.87. The average molecular weight is 341 g/mol. The minimum Gasteiger partial charge on any atom is -0.354 e.